The van der Waals surface area contributed by atoms with Gasteiger partial charge in [-0.15, -0.1) is 0 Å². The van der Waals surface area contributed by atoms with Crippen molar-refractivity contribution in [2.45, 2.75) is 6.61 Å². The third kappa shape index (κ3) is 4.55. The van der Waals surface area contributed by atoms with E-state index in [1.807, 2.05) is 12.1 Å². The summed E-state index contributed by atoms with van der Waals surface area (Å²) >= 11 is 0. The van der Waals surface area contributed by atoms with Crippen LogP contribution in [0, 0.1) is 0 Å². The molecule has 2 N–H and O–H groups in total. The van der Waals surface area contributed by atoms with E-state index in [0.29, 0.717) is 17.1 Å². The van der Waals surface area contributed by atoms with Crippen LogP contribution in [-0.4, -0.2) is 35.2 Å². The van der Waals surface area contributed by atoms with Crippen LogP contribution in [0.5, 0.6) is 11.5 Å². The second kappa shape index (κ2) is 7.95. The highest BCUT2D eigenvalue weighted by Gasteiger charge is 2.13. The van der Waals surface area contributed by atoms with Gasteiger partial charge in [-0.1, -0.05) is 18.2 Å². The number of rotatable bonds is 8. The molecule has 0 atom stereocenters. The SMILES string of the molecule is O=C(O)C(=O)c1ccc(OCCOc2ccccc2CO)cc1. The summed E-state index contributed by atoms with van der Waals surface area (Å²) in [6, 6.07) is 13.0. The van der Waals surface area contributed by atoms with Crippen molar-refractivity contribution in [2.24, 2.45) is 0 Å². The summed E-state index contributed by atoms with van der Waals surface area (Å²) in [6.45, 7) is 0.453. The molecule has 0 aromatic heterocycles. The first kappa shape index (κ1) is 16.5. The summed E-state index contributed by atoms with van der Waals surface area (Å²) in [5.41, 5.74) is 0.794. The summed E-state index contributed by atoms with van der Waals surface area (Å²) in [4.78, 5) is 21.8. The molecule has 0 unspecified atom stereocenters. The topological polar surface area (TPSA) is 93.1 Å². The molecule has 120 valence electrons. The van der Waals surface area contributed by atoms with Crippen LogP contribution >= 0.6 is 0 Å². The van der Waals surface area contributed by atoms with Gasteiger partial charge in [0.15, 0.2) is 0 Å². The van der Waals surface area contributed by atoms with Crippen LogP contribution in [0.4, 0.5) is 0 Å². The van der Waals surface area contributed by atoms with Gasteiger partial charge >= 0.3 is 5.97 Å². The molecule has 2 rings (SSSR count). The van der Waals surface area contributed by atoms with Crippen LogP contribution in [-0.2, 0) is 11.4 Å². The smallest absolute Gasteiger partial charge is 0.377 e. The molecule has 2 aromatic rings. The van der Waals surface area contributed by atoms with E-state index in [4.69, 9.17) is 14.6 Å². The van der Waals surface area contributed by atoms with Gasteiger partial charge in [0.25, 0.3) is 5.78 Å². The Kier molecular flexibility index (Phi) is 5.71. The van der Waals surface area contributed by atoms with Crippen molar-refractivity contribution in [2.75, 3.05) is 13.2 Å². The maximum atomic E-state index is 11.3. The third-order valence-corrected chi connectivity index (χ3v) is 3.06. The zero-order valence-corrected chi connectivity index (χ0v) is 12.3. The fraction of sp³-hybridized carbons (Fsp3) is 0.176. The standard InChI is InChI=1S/C17H16O6/c18-11-13-3-1-2-4-15(13)23-10-9-22-14-7-5-12(6-8-14)16(19)17(20)21/h1-8,18H,9-11H2,(H,20,21). The second-order valence-electron chi connectivity index (χ2n) is 4.62. The summed E-state index contributed by atoms with van der Waals surface area (Å²) in [6.07, 6.45) is 0. The molecule has 0 aliphatic rings. The number of aliphatic carboxylic acids is 1. The molecule has 0 aliphatic carbocycles. The Morgan fingerprint density at radius 2 is 1.57 bits per heavy atom. The van der Waals surface area contributed by atoms with Gasteiger partial charge in [0.05, 0.1) is 6.61 Å². The van der Waals surface area contributed by atoms with E-state index in [2.05, 4.69) is 0 Å². The van der Waals surface area contributed by atoms with Gasteiger partial charge in [0.1, 0.15) is 24.7 Å². The zero-order valence-electron chi connectivity index (χ0n) is 12.3. The zero-order chi connectivity index (χ0) is 16.7. The van der Waals surface area contributed by atoms with E-state index in [0.717, 1.165) is 0 Å². The minimum absolute atomic E-state index is 0.0953. The van der Waals surface area contributed by atoms with Gasteiger partial charge in [0, 0.05) is 11.1 Å². The van der Waals surface area contributed by atoms with Gasteiger partial charge in [-0.05, 0) is 30.3 Å². The number of aliphatic hydroxyl groups excluding tert-OH is 1. The predicted octanol–water partition coefficient (Wildman–Crippen LogP) is 1.90. The van der Waals surface area contributed by atoms with E-state index in [9.17, 15) is 14.7 Å². The Morgan fingerprint density at radius 1 is 0.913 bits per heavy atom. The summed E-state index contributed by atoms with van der Waals surface area (Å²) < 4.78 is 11.0. The van der Waals surface area contributed by atoms with E-state index in [1.54, 1.807) is 12.1 Å². The highest BCUT2D eigenvalue weighted by molar-refractivity contribution is 6.39. The minimum Gasteiger partial charge on any atom is -0.490 e. The third-order valence-electron chi connectivity index (χ3n) is 3.06. The molecule has 6 nitrogen and oxygen atoms in total. The van der Waals surface area contributed by atoms with Crippen LogP contribution in [0.3, 0.4) is 0 Å². The molecule has 0 spiro atoms. The van der Waals surface area contributed by atoms with Crippen molar-refractivity contribution in [3.8, 4) is 11.5 Å². The largest absolute Gasteiger partial charge is 0.490 e. The Hall–Kier alpha value is -2.86. The van der Waals surface area contributed by atoms with Crippen molar-refractivity contribution in [1.82, 2.24) is 0 Å². The quantitative estimate of drug-likeness (QED) is 0.439. The maximum absolute atomic E-state index is 11.3. The van der Waals surface area contributed by atoms with Crippen LogP contribution < -0.4 is 9.47 Å². The van der Waals surface area contributed by atoms with Gasteiger partial charge in [-0.25, -0.2) is 4.79 Å². The molecule has 0 aliphatic heterocycles. The predicted molar refractivity (Wildman–Crippen MR) is 81.8 cm³/mol. The number of hydrogen-bond acceptors (Lipinski definition) is 5. The van der Waals surface area contributed by atoms with E-state index in [-0.39, 0.29) is 25.4 Å². The van der Waals surface area contributed by atoms with Crippen LogP contribution in [0.1, 0.15) is 15.9 Å². The lowest BCUT2D eigenvalue weighted by Gasteiger charge is -2.11. The number of aliphatic hydroxyl groups is 1. The molecule has 0 bridgehead atoms. The van der Waals surface area contributed by atoms with E-state index < -0.39 is 11.8 Å². The minimum atomic E-state index is -1.49. The van der Waals surface area contributed by atoms with E-state index in [1.165, 1.54) is 24.3 Å². The van der Waals surface area contributed by atoms with Gasteiger partial charge in [-0.2, -0.15) is 0 Å². The molecule has 0 amide bonds. The molecule has 0 saturated heterocycles. The fourth-order valence-electron chi connectivity index (χ4n) is 1.91. The molecule has 0 heterocycles. The number of benzene rings is 2. The van der Waals surface area contributed by atoms with Crippen molar-refractivity contribution < 1.29 is 29.3 Å². The number of carbonyl (C=O) groups excluding carboxylic acids is 1. The molecule has 2 aromatic carbocycles. The molecule has 23 heavy (non-hydrogen) atoms. The number of carboxylic acid groups (broad SMARTS) is 1. The van der Waals surface area contributed by atoms with Crippen molar-refractivity contribution in [1.29, 1.82) is 0 Å². The number of carboxylic acids is 1. The monoisotopic (exact) mass is 316 g/mol. The summed E-state index contributed by atoms with van der Waals surface area (Å²) in [5.74, 6) is -1.35. The second-order valence-corrected chi connectivity index (χ2v) is 4.62. The lowest BCUT2D eigenvalue weighted by atomic mass is 10.1. The lowest BCUT2D eigenvalue weighted by Crippen LogP contribution is -2.13. The summed E-state index contributed by atoms with van der Waals surface area (Å²) in [5, 5.41) is 17.8. The first-order valence-electron chi connectivity index (χ1n) is 6.94. The average molecular weight is 316 g/mol. The van der Waals surface area contributed by atoms with Crippen molar-refractivity contribution >= 4 is 11.8 Å². The maximum Gasteiger partial charge on any atom is 0.377 e. The highest BCUT2D eigenvalue weighted by atomic mass is 16.5. The number of hydrogen-bond donors (Lipinski definition) is 2. The van der Waals surface area contributed by atoms with Crippen LogP contribution in [0.25, 0.3) is 0 Å². The molecule has 0 radical (unpaired) electrons. The fourth-order valence-corrected chi connectivity index (χ4v) is 1.91. The lowest BCUT2D eigenvalue weighted by molar-refractivity contribution is -0.131. The van der Waals surface area contributed by atoms with Crippen LogP contribution in [0.2, 0.25) is 0 Å². The molecule has 6 heteroatoms. The Bertz CT molecular complexity index is 678. The molecule has 0 saturated carbocycles. The van der Waals surface area contributed by atoms with Crippen LogP contribution in [0.15, 0.2) is 48.5 Å². The first-order valence-corrected chi connectivity index (χ1v) is 6.94. The number of para-hydroxylation sites is 1. The average Bonchev–Trinajstić information content (AvgIpc) is 2.59. The number of Topliss-reactive ketones (excluding diaryl/α,β-unsaturated/α-hetero) is 1. The van der Waals surface area contributed by atoms with Crippen molar-refractivity contribution in [3.63, 3.8) is 0 Å². The van der Waals surface area contributed by atoms with Crippen molar-refractivity contribution in [3.05, 3.63) is 59.7 Å². The Balaban J connectivity index is 1.82. The molecule has 0 fully saturated rings. The molecular formula is C17H16O6. The Morgan fingerprint density at radius 3 is 2.22 bits per heavy atom. The van der Waals surface area contributed by atoms with E-state index >= 15 is 0 Å². The van der Waals surface area contributed by atoms with Gasteiger partial charge < -0.3 is 19.7 Å². The van der Waals surface area contributed by atoms with Gasteiger partial charge in [0.2, 0.25) is 0 Å². The highest BCUT2D eigenvalue weighted by Crippen LogP contribution is 2.18. The van der Waals surface area contributed by atoms with Gasteiger partial charge in [-0.3, -0.25) is 4.79 Å². The number of carbonyl (C=O) groups is 2. The normalized spacial score (nSPS) is 10.1. The number of ketones is 1. The first-order chi connectivity index (χ1) is 11.1. The summed E-state index contributed by atoms with van der Waals surface area (Å²) in [7, 11) is 0. The Labute approximate surface area is 132 Å². The molecular weight excluding hydrogens is 300 g/mol. The number of ether oxygens (including phenoxy) is 2.